The van der Waals surface area contributed by atoms with Crippen LogP contribution < -0.4 is 4.90 Å². The second-order valence-electron chi connectivity index (χ2n) is 5.67. The van der Waals surface area contributed by atoms with Gasteiger partial charge in [0.2, 0.25) is 0 Å². The van der Waals surface area contributed by atoms with Gasteiger partial charge in [0.25, 0.3) is 5.91 Å². The molecule has 1 amide bonds. The maximum absolute atomic E-state index is 12.6. The summed E-state index contributed by atoms with van der Waals surface area (Å²) in [4.78, 5) is 21.0. The minimum Gasteiger partial charge on any atom is -0.460 e. The number of rotatable bonds is 3. The molecule has 0 radical (unpaired) electrons. The third kappa shape index (κ3) is 2.80. The number of aromatic nitrogens is 3. The lowest BCUT2D eigenvalue weighted by Gasteiger charge is -2.34. The van der Waals surface area contributed by atoms with E-state index in [2.05, 4.69) is 20.1 Å². The third-order valence-corrected chi connectivity index (χ3v) is 4.89. The number of carbonyl (C=O) groups excluding carboxylic acids is 1. The van der Waals surface area contributed by atoms with E-state index in [-0.39, 0.29) is 5.91 Å². The van der Waals surface area contributed by atoms with Gasteiger partial charge in [-0.15, -0.1) is 11.3 Å². The Balaban J connectivity index is 1.42. The van der Waals surface area contributed by atoms with Crippen molar-refractivity contribution in [3.05, 3.63) is 41.2 Å². The fourth-order valence-corrected chi connectivity index (χ4v) is 3.47. The topological polar surface area (TPSA) is 78.3 Å². The van der Waals surface area contributed by atoms with Crippen LogP contribution >= 0.6 is 11.3 Å². The van der Waals surface area contributed by atoms with E-state index in [4.69, 9.17) is 4.42 Å². The smallest absolute Gasteiger partial charge is 0.274 e. The predicted octanol–water partition coefficient (Wildman–Crippen LogP) is 2.40. The normalized spacial score (nSPS) is 15.0. The molecule has 0 atom stereocenters. The summed E-state index contributed by atoms with van der Waals surface area (Å²) in [6.07, 6.45) is 1.80. The number of anilines is 1. The first kappa shape index (κ1) is 14.9. The highest BCUT2D eigenvalue weighted by Crippen LogP contribution is 2.22. The van der Waals surface area contributed by atoms with Crippen LogP contribution in [0.1, 0.15) is 16.2 Å². The van der Waals surface area contributed by atoms with Crippen molar-refractivity contribution in [3.8, 4) is 11.5 Å². The molecule has 0 saturated carbocycles. The van der Waals surface area contributed by atoms with Crippen LogP contribution in [0, 0.1) is 6.92 Å². The van der Waals surface area contributed by atoms with Crippen molar-refractivity contribution < 1.29 is 9.21 Å². The van der Waals surface area contributed by atoms with Gasteiger partial charge in [0.1, 0.15) is 11.5 Å². The van der Waals surface area contributed by atoms with E-state index in [0.29, 0.717) is 30.2 Å². The molecule has 1 fully saturated rings. The number of nitrogens with zero attached hydrogens (tertiary/aromatic N) is 4. The highest BCUT2D eigenvalue weighted by Gasteiger charge is 2.25. The van der Waals surface area contributed by atoms with Crippen molar-refractivity contribution in [2.45, 2.75) is 6.92 Å². The standard InChI is InChI=1S/C16H17N5O2S/c1-11-2-3-14(23-11)12-10-13(19-18-12)15(22)20-5-7-21(8-6-20)16-17-4-9-24-16/h2-4,9-10H,5-8H2,1H3,(H,18,19). The Bertz CT molecular complexity index is 830. The first-order chi connectivity index (χ1) is 11.7. The second-order valence-corrected chi connectivity index (χ2v) is 6.54. The first-order valence-corrected chi connectivity index (χ1v) is 8.64. The summed E-state index contributed by atoms with van der Waals surface area (Å²) in [6, 6.07) is 5.49. The summed E-state index contributed by atoms with van der Waals surface area (Å²) >= 11 is 1.62. The molecule has 7 nitrogen and oxygen atoms in total. The van der Waals surface area contributed by atoms with E-state index in [9.17, 15) is 4.79 Å². The molecular formula is C16H17N5O2S. The quantitative estimate of drug-likeness (QED) is 0.790. The van der Waals surface area contributed by atoms with E-state index in [1.54, 1.807) is 23.6 Å². The summed E-state index contributed by atoms with van der Waals surface area (Å²) in [5, 5.41) is 10.0. The van der Waals surface area contributed by atoms with Crippen LogP contribution in [0.4, 0.5) is 5.13 Å². The van der Waals surface area contributed by atoms with Crippen LogP contribution in [0.2, 0.25) is 0 Å². The second kappa shape index (κ2) is 6.12. The van der Waals surface area contributed by atoms with Gasteiger partial charge in [-0.2, -0.15) is 5.10 Å². The minimum atomic E-state index is -0.0560. The molecule has 1 saturated heterocycles. The molecule has 24 heavy (non-hydrogen) atoms. The van der Waals surface area contributed by atoms with E-state index in [0.717, 1.165) is 24.0 Å². The fourth-order valence-electron chi connectivity index (χ4n) is 2.77. The highest BCUT2D eigenvalue weighted by molar-refractivity contribution is 7.13. The number of aryl methyl sites for hydroxylation is 1. The molecule has 0 aliphatic carbocycles. The average molecular weight is 343 g/mol. The molecule has 0 aromatic carbocycles. The third-order valence-electron chi connectivity index (χ3n) is 4.06. The molecule has 0 unspecified atom stereocenters. The number of aromatic amines is 1. The number of furan rings is 1. The molecule has 3 aromatic heterocycles. The van der Waals surface area contributed by atoms with Crippen molar-refractivity contribution in [1.82, 2.24) is 20.1 Å². The van der Waals surface area contributed by atoms with Crippen LogP contribution in [-0.2, 0) is 0 Å². The van der Waals surface area contributed by atoms with Gasteiger partial charge in [0, 0.05) is 43.8 Å². The Hall–Kier alpha value is -2.61. The van der Waals surface area contributed by atoms with Gasteiger partial charge in [0.05, 0.1) is 0 Å². The largest absolute Gasteiger partial charge is 0.460 e. The van der Waals surface area contributed by atoms with Gasteiger partial charge in [-0.1, -0.05) is 0 Å². The van der Waals surface area contributed by atoms with E-state index < -0.39 is 0 Å². The summed E-state index contributed by atoms with van der Waals surface area (Å²) in [6.45, 7) is 4.79. The predicted molar refractivity (Wildman–Crippen MR) is 91.3 cm³/mol. The van der Waals surface area contributed by atoms with Crippen LogP contribution in [0.5, 0.6) is 0 Å². The summed E-state index contributed by atoms with van der Waals surface area (Å²) in [7, 11) is 0. The molecular weight excluding hydrogens is 326 g/mol. The Morgan fingerprint density at radius 1 is 1.29 bits per heavy atom. The number of hydrogen-bond donors (Lipinski definition) is 1. The molecule has 4 heterocycles. The molecule has 1 aliphatic heterocycles. The maximum atomic E-state index is 12.6. The van der Waals surface area contributed by atoms with Crippen LogP contribution in [0.15, 0.2) is 34.2 Å². The lowest BCUT2D eigenvalue weighted by atomic mass is 10.2. The first-order valence-electron chi connectivity index (χ1n) is 7.76. The summed E-state index contributed by atoms with van der Waals surface area (Å²) in [5.41, 5.74) is 1.13. The molecule has 8 heteroatoms. The maximum Gasteiger partial charge on any atom is 0.274 e. The lowest BCUT2D eigenvalue weighted by molar-refractivity contribution is 0.0741. The van der Waals surface area contributed by atoms with Crippen molar-refractivity contribution in [2.75, 3.05) is 31.1 Å². The number of hydrogen-bond acceptors (Lipinski definition) is 6. The summed E-state index contributed by atoms with van der Waals surface area (Å²) < 4.78 is 5.55. The Kier molecular flexibility index (Phi) is 3.81. The Morgan fingerprint density at radius 2 is 2.12 bits per heavy atom. The van der Waals surface area contributed by atoms with Crippen molar-refractivity contribution in [1.29, 1.82) is 0 Å². The van der Waals surface area contributed by atoms with Gasteiger partial charge in [-0.25, -0.2) is 4.98 Å². The monoisotopic (exact) mass is 343 g/mol. The summed E-state index contributed by atoms with van der Waals surface area (Å²) in [5.74, 6) is 1.46. The number of carbonyl (C=O) groups is 1. The minimum absolute atomic E-state index is 0.0560. The van der Waals surface area contributed by atoms with Gasteiger partial charge in [0.15, 0.2) is 16.6 Å². The zero-order valence-electron chi connectivity index (χ0n) is 13.2. The molecule has 0 bridgehead atoms. The fraction of sp³-hybridized carbons (Fsp3) is 0.312. The molecule has 3 aromatic rings. The lowest BCUT2D eigenvalue weighted by Crippen LogP contribution is -2.48. The van der Waals surface area contributed by atoms with Crippen molar-refractivity contribution in [2.24, 2.45) is 0 Å². The van der Waals surface area contributed by atoms with Gasteiger partial charge in [-0.3, -0.25) is 9.89 Å². The van der Waals surface area contributed by atoms with E-state index in [1.165, 1.54) is 0 Å². The molecule has 1 aliphatic rings. The zero-order valence-corrected chi connectivity index (χ0v) is 14.0. The van der Waals surface area contributed by atoms with Crippen LogP contribution in [0.25, 0.3) is 11.5 Å². The number of thiazole rings is 1. The Morgan fingerprint density at radius 3 is 2.79 bits per heavy atom. The number of nitrogens with one attached hydrogen (secondary N) is 1. The van der Waals surface area contributed by atoms with Gasteiger partial charge < -0.3 is 14.2 Å². The Labute approximate surface area is 142 Å². The van der Waals surface area contributed by atoms with Crippen LogP contribution in [-0.4, -0.2) is 52.2 Å². The van der Waals surface area contributed by atoms with Crippen molar-refractivity contribution >= 4 is 22.4 Å². The van der Waals surface area contributed by atoms with E-state index in [1.807, 2.05) is 29.3 Å². The van der Waals surface area contributed by atoms with E-state index >= 15 is 0 Å². The molecule has 0 spiro atoms. The zero-order chi connectivity index (χ0) is 16.5. The highest BCUT2D eigenvalue weighted by atomic mass is 32.1. The average Bonchev–Trinajstić information content (AvgIpc) is 3.35. The van der Waals surface area contributed by atoms with Crippen LogP contribution in [0.3, 0.4) is 0 Å². The van der Waals surface area contributed by atoms with Gasteiger partial charge >= 0.3 is 0 Å². The SMILES string of the molecule is Cc1ccc(-c2cc(C(=O)N3CCN(c4nccs4)CC3)n[nH]2)o1. The molecule has 1 N–H and O–H groups in total. The number of amides is 1. The molecule has 124 valence electrons. The number of piperazine rings is 1. The van der Waals surface area contributed by atoms with Crippen molar-refractivity contribution in [3.63, 3.8) is 0 Å². The number of H-pyrrole nitrogens is 1. The molecule has 4 rings (SSSR count). The van der Waals surface area contributed by atoms with Gasteiger partial charge in [-0.05, 0) is 19.1 Å².